The van der Waals surface area contributed by atoms with Crippen LogP contribution in [0.25, 0.3) is 0 Å². The van der Waals surface area contributed by atoms with Gasteiger partial charge in [-0.1, -0.05) is 12.1 Å². The molecule has 0 saturated carbocycles. The minimum atomic E-state index is -0.521. The van der Waals surface area contributed by atoms with E-state index in [1.807, 2.05) is 38.4 Å². The molecule has 1 heterocycles. The highest BCUT2D eigenvalue weighted by Crippen LogP contribution is 2.36. The standard InChI is InChI=1S/C23H29N3O4/c1-16-23(28)26(13-5-12-25(2)3)20-15-18(8-11-21(20)30-16)24-22(27)14-17-6-9-19(29-4)10-7-17/h6-11,15-16H,5,12-14H2,1-4H3,(H,24,27). The lowest BCUT2D eigenvalue weighted by Gasteiger charge is -2.33. The smallest absolute Gasteiger partial charge is 0.267 e. The van der Waals surface area contributed by atoms with Gasteiger partial charge in [-0.25, -0.2) is 0 Å². The molecule has 7 nitrogen and oxygen atoms in total. The van der Waals surface area contributed by atoms with Crippen LogP contribution in [0.5, 0.6) is 11.5 Å². The lowest BCUT2D eigenvalue weighted by atomic mass is 10.1. The lowest BCUT2D eigenvalue weighted by molar-refractivity contribution is -0.125. The number of rotatable bonds is 8. The average molecular weight is 412 g/mol. The van der Waals surface area contributed by atoms with Gasteiger partial charge >= 0.3 is 0 Å². The SMILES string of the molecule is COc1ccc(CC(=O)Nc2ccc3c(c2)N(CCCN(C)C)C(=O)C(C)O3)cc1. The van der Waals surface area contributed by atoms with E-state index in [9.17, 15) is 9.59 Å². The second-order valence-corrected chi connectivity index (χ2v) is 7.66. The molecule has 0 saturated heterocycles. The maximum Gasteiger partial charge on any atom is 0.267 e. The monoisotopic (exact) mass is 411 g/mol. The van der Waals surface area contributed by atoms with Crippen molar-refractivity contribution in [2.45, 2.75) is 25.9 Å². The summed E-state index contributed by atoms with van der Waals surface area (Å²) in [6.07, 6.45) is 0.575. The summed E-state index contributed by atoms with van der Waals surface area (Å²) in [6, 6.07) is 12.8. The Bertz CT molecular complexity index is 896. The average Bonchev–Trinajstić information content (AvgIpc) is 2.71. The number of hydrogen-bond donors (Lipinski definition) is 1. The molecule has 0 radical (unpaired) electrons. The van der Waals surface area contributed by atoms with Gasteiger partial charge in [0, 0.05) is 12.2 Å². The zero-order valence-corrected chi connectivity index (χ0v) is 18.0. The molecule has 2 aromatic carbocycles. The summed E-state index contributed by atoms with van der Waals surface area (Å²) in [5.74, 6) is 1.21. The van der Waals surface area contributed by atoms with Crippen molar-refractivity contribution in [3.63, 3.8) is 0 Å². The van der Waals surface area contributed by atoms with E-state index >= 15 is 0 Å². The van der Waals surface area contributed by atoms with E-state index < -0.39 is 6.10 Å². The maximum atomic E-state index is 12.7. The Morgan fingerprint density at radius 1 is 1.20 bits per heavy atom. The van der Waals surface area contributed by atoms with E-state index in [1.165, 1.54) is 0 Å². The number of anilines is 2. The molecule has 30 heavy (non-hydrogen) atoms. The molecule has 1 aliphatic rings. The maximum absolute atomic E-state index is 12.7. The van der Waals surface area contributed by atoms with Gasteiger partial charge in [0.05, 0.1) is 19.2 Å². The minimum Gasteiger partial charge on any atom is -0.497 e. The molecular formula is C23H29N3O4. The molecule has 0 aromatic heterocycles. The van der Waals surface area contributed by atoms with Crippen molar-refractivity contribution in [3.8, 4) is 11.5 Å². The molecule has 0 spiro atoms. The van der Waals surface area contributed by atoms with Crippen molar-refractivity contribution >= 4 is 23.2 Å². The van der Waals surface area contributed by atoms with Crippen LogP contribution in [0.1, 0.15) is 18.9 Å². The molecule has 0 bridgehead atoms. The topological polar surface area (TPSA) is 71.1 Å². The Balaban J connectivity index is 1.71. The van der Waals surface area contributed by atoms with Crippen LogP contribution in [0, 0.1) is 0 Å². The molecule has 3 rings (SSSR count). The van der Waals surface area contributed by atoms with Crippen molar-refractivity contribution in [1.82, 2.24) is 4.90 Å². The number of carbonyl (C=O) groups is 2. The number of amides is 2. The van der Waals surface area contributed by atoms with Crippen LogP contribution in [0.2, 0.25) is 0 Å². The summed E-state index contributed by atoms with van der Waals surface area (Å²) >= 11 is 0. The molecule has 0 aliphatic carbocycles. The highest BCUT2D eigenvalue weighted by molar-refractivity contribution is 6.01. The summed E-state index contributed by atoms with van der Waals surface area (Å²) in [5, 5.41) is 2.92. The van der Waals surface area contributed by atoms with Crippen LogP contribution >= 0.6 is 0 Å². The first kappa shape index (κ1) is 21.6. The van der Waals surface area contributed by atoms with E-state index in [4.69, 9.17) is 9.47 Å². The van der Waals surface area contributed by atoms with E-state index in [2.05, 4.69) is 10.2 Å². The molecule has 7 heteroatoms. The quantitative estimate of drug-likeness (QED) is 0.723. The zero-order chi connectivity index (χ0) is 21.7. The van der Waals surface area contributed by atoms with Crippen LogP contribution in [-0.2, 0) is 16.0 Å². The first-order valence-electron chi connectivity index (χ1n) is 10.1. The number of nitrogens with zero attached hydrogens (tertiary/aromatic N) is 2. The number of carbonyl (C=O) groups excluding carboxylic acids is 2. The van der Waals surface area contributed by atoms with Crippen molar-refractivity contribution < 1.29 is 19.1 Å². The Labute approximate surface area is 177 Å². The van der Waals surface area contributed by atoms with Crippen molar-refractivity contribution in [3.05, 3.63) is 48.0 Å². The summed E-state index contributed by atoms with van der Waals surface area (Å²) < 4.78 is 10.9. The number of nitrogens with one attached hydrogen (secondary N) is 1. The van der Waals surface area contributed by atoms with Gasteiger partial charge in [-0.05, 0) is 69.9 Å². The molecule has 1 atom stereocenters. The van der Waals surface area contributed by atoms with E-state index in [1.54, 1.807) is 37.1 Å². The minimum absolute atomic E-state index is 0.0667. The number of ether oxygens (including phenoxy) is 2. The van der Waals surface area contributed by atoms with Gasteiger partial charge in [-0.3, -0.25) is 9.59 Å². The fourth-order valence-electron chi connectivity index (χ4n) is 3.39. The number of hydrogen-bond acceptors (Lipinski definition) is 5. The van der Waals surface area contributed by atoms with Crippen LogP contribution in [0.3, 0.4) is 0 Å². The Morgan fingerprint density at radius 2 is 1.93 bits per heavy atom. The molecular weight excluding hydrogens is 382 g/mol. The van der Waals surface area contributed by atoms with Gasteiger partial charge in [0.2, 0.25) is 5.91 Å². The third-order valence-electron chi connectivity index (χ3n) is 4.96. The first-order valence-corrected chi connectivity index (χ1v) is 10.1. The molecule has 1 N–H and O–H groups in total. The van der Waals surface area contributed by atoms with E-state index in [0.717, 1.165) is 24.3 Å². The van der Waals surface area contributed by atoms with Gasteiger partial charge < -0.3 is 24.6 Å². The molecule has 160 valence electrons. The largest absolute Gasteiger partial charge is 0.497 e. The molecule has 2 amide bonds. The Hall–Kier alpha value is -3.06. The van der Waals surface area contributed by atoms with Crippen LogP contribution in [-0.4, -0.2) is 57.1 Å². The van der Waals surface area contributed by atoms with Crippen molar-refractivity contribution in [2.24, 2.45) is 0 Å². The Kier molecular flexibility index (Phi) is 6.95. The number of benzene rings is 2. The fourth-order valence-corrected chi connectivity index (χ4v) is 3.39. The summed E-state index contributed by atoms with van der Waals surface area (Å²) in [6.45, 7) is 3.24. The van der Waals surface area contributed by atoms with Gasteiger partial charge in [0.15, 0.2) is 6.10 Å². The Morgan fingerprint density at radius 3 is 2.60 bits per heavy atom. The molecule has 1 aliphatic heterocycles. The predicted molar refractivity (Wildman–Crippen MR) is 117 cm³/mol. The van der Waals surface area contributed by atoms with Crippen LogP contribution in [0.4, 0.5) is 11.4 Å². The zero-order valence-electron chi connectivity index (χ0n) is 18.0. The van der Waals surface area contributed by atoms with Crippen molar-refractivity contribution in [1.29, 1.82) is 0 Å². The first-order chi connectivity index (χ1) is 14.4. The second kappa shape index (κ2) is 9.63. The normalized spacial score (nSPS) is 15.6. The predicted octanol–water partition coefficient (Wildman–Crippen LogP) is 2.94. The van der Waals surface area contributed by atoms with Crippen LogP contribution in [0.15, 0.2) is 42.5 Å². The highest BCUT2D eigenvalue weighted by Gasteiger charge is 2.31. The third kappa shape index (κ3) is 5.30. The van der Waals surface area contributed by atoms with Gasteiger partial charge in [0.1, 0.15) is 11.5 Å². The fraction of sp³-hybridized carbons (Fsp3) is 0.391. The summed E-state index contributed by atoms with van der Waals surface area (Å²) in [7, 11) is 5.62. The second-order valence-electron chi connectivity index (χ2n) is 7.66. The molecule has 0 fully saturated rings. The molecule has 1 unspecified atom stereocenters. The van der Waals surface area contributed by atoms with Crippen LogP contribution < -0.4 is 19.7 Å². The van der Waals surface area contributed by atoms with Gasteiger partial charge in [-0.15, -0.1) is 0 Å². The van der Waals surface area contributed by atoms with Gasteiger partial charge in [-0.2, -0.15) is 0 Å². The lowest BCUT2D eigenvalue weighted by Crippen LogP contribution is -2.45. The number of fused-ring (bicyclic) bond motifs is 1. The van der Waals surface area contributed by atoms with Crippen molar-refractivity contribution in [2.75, 3.05) is 44.5 Å². The third-order valence-corrected chi connectivity index (χ3v) is 4.96. The van der Waals surface area contributed by atoms with E-state index in [-0.39, 0.29) is 18.2 Å². The highest BCUT2D eigenvalue weighted by atomic mass is 16.5. The number of methoxy groups -OCH3 is 1. The summed E-state index contributed by atoms with van der Waals surface area (Å²) in [5.41, 5.74) is 2.22. The van der Waals surface area contributed by atoms with E-state index in [0.29, 0.717) is 23.7 Å². The van der Waals surface area contributed by atoms with Gasteiger partial charge in [0.25, 0.3) is 5.91 Å². The summed E-state index contributed by atoms with van der Waals surface area (Å²) in [4.78, 5) is 29.0. The molecule has 2 aromatic rings.